The first-order valence-electron chi connectivity index (χ1n) is 9.18. The van der Waals surface area contributed by atoms with Crippen LogP contribution in [0.25, 0.3) is 16.7 Å². The number of hydrogen-bond donors (Lipinski definition) is 1. The summed E-state index contributed by atoms with van der Waals surface area (Å²) in [6.07, 6.45) is 6.88. The topological polar surface area (TPSA) is 29.5 Å². The van der Waals surface area contributed by atoms with Crippen LogP contribution in [0.1, 0.15) is 49.8 Å². The normalized spacial score (nSPS) is 11.6. The van der Waals surface area contributed by atoms with Gasteiger partial charge >= 0.3 is 0 Å². The van der Waals surface area contributed by atoms with Gasteiger partial charge in [-0.15, -0.1) is 0 Å². The van der Waals surface area contributed by atoms with Crippen LogP contribution in [0.2, 0.25) is 0 Å². The van der Waals surface area contributed by atoms with Crippen LogP contribution in [-0.4, -0.2) is 18.8 Å². The molecule has 0 aliphatic heterocycles. The third-order valence-electron chi connectivity index (χ3n) is 4.70. The Hall–Kier alpha value is -2.06. The Morgan fingerprint density at radius 2 is 1.92 bits per heavy atom. The second-order valence-electron chi connectivity index (χ2n) is 6.53. The van der Waals surface area contributed by atoms with Crippen LogP contribution in [0.4, 0.5) is 0 Å². The number of aryl methyl sites for hydroxylation is 2. The molecule has 0 saturated heterocycles. The van der Waals surface area contributed by atoms with E-state index in [4.69, 9.17) is 4.74 Å². The molecule has 2 nitrogen and oxygen atoms in total. The average molecular weight is 338 g/mol. The van der Waals surface area contributed by atoms with Crippen LogP contribution in [0.15, 0.2) is 42.5 Å². The molecule has 134 valence electrons. The van der Waals surface area contributed by atoms with Gasteiger partial charge in [-0.3, -0.25) is 0 Å². The molecule has 0 aromatic heterocycles. The maximum absolute atomic E-state index is 9.59. The molecule has 0 bridgehead atoms. The molecule has 2 aromatic carbocycles. The van der Waals surface area contributed by atoms with Crippen molar-refractivity contribution in [3.63, 3.8) is 0 Å². The van der Waals surface area contributed by atoms with Gasteiger partial charge in [0.1, 0.15) is 5.75 Å². The Labute approximate surface area is 152 Å². The summed E-state index contributed by atoms with van der Waals surface area (Å²) in [4.78, 5) is 0. The molecular weight excluding hydrogens is 308 g/mol. The van der Waals surface area contributed by atoms with Crippen molar-refractivity contribution in [3.05, 3.63) is 59.2 Å². The fourth-order valence-corrected chi connectivity index (χ4v) is 3.19. The Bertz CT molecular complexity index is 729. The van der Waals surface area contributed by atoms with Crippen molar-refractivity contribution in [3.8, 4) is 16.9 Å². The number of hydrogen-bond acceptors (Lipinski definition) is 2. The molecule has 0 atom stereocenters. The van der Waals surface area contributed by atoms with E-state index < -0.39 is 0 Å². The number of ether oxygens (including phenoxy) is 1. The Kier molecular flexibility index (Phi) is 7.27. The summed E-state index contributed by atoms with van der Waals surface area (Å²) < 4.78 is 5.48. The van der Waals surface area contributed by atoms with E-state index in [1.807, 2.05) is 19.1 Å². The van der Waals surface area contributed by atoms with E-state index in [2.05, 4.69) is 44.2 Å². The number of unbranched alkanes of at least 4 members (excludes halogenated alkanes) is 2. The van der Waals surface area contributed by atoms with Crippen molar-refractivity contribution >= 4 is 5.57 Å². The predicted octanol–water partition coefficient (Wildman–Crippen LogP) is 5.80. The molecule has 25 heavy (non-hydrogen) atoms. The molecule has 2 heteroatoms. The van der Waals surface area contributed by atoms with Gasteiger partial charge in [-0.25, -0.2) is 0 Å². The lowest BCUT2D eigenvalue weighted by Crippen LogP contribution is -1.95. The van der Waals surface area contributed by atoms with E-state index in [-0.39, 0.29) is 6.61 Å². The van der Waals surface area contributed by atoms with Gasteiger partial charge in [0.2, 0.25) is 0 Å². The van der Waals surface area contributed by atoms with E-state index in [1.165, 1.54) is 36.0 Å². The molecule has 2 aromatic rings. The maximum Gasteiger partial charge on any atom is 0.120 e. The van der Waals surface area contributed by atoms with Crippen molar-refractivity contribution in [2.45, 2.75) is 46.5 Å². The SMILES string of the molecule is C/C=C(\CO)c1cc(OC)cc(-c2ccc(CCCCC)cc2C)c1. The quantitative estimate of drug-likeness (QED) is 0.616. The molecule has 1 N–H and O–H groups in total. The van der Waals surface area contributed by atoms with Gasteiger partial charge in [0, 0.05) is 0 Å². The summed E-state index contributed by atoms with van der Waals surface area (Å²) in [7, 11) is 1.68. The van der Waals surface area contributed by atoms with Crippen LogP contribution in [0, 0.1) is 6.92 Å². The van der Waals surface area contributed by atoms with Crippen LogP contribution in [0.5, 0.6) is 5.75 Å². The van der Waals surface area contributed by atoms with Gasteiger partial charge in [-0.2, -0.15) is 0 Å². The summed E-state index contributed by atoms with van der Waals surface area (Å²) in [5.41, 5.74) is 6.94. The molecule has 0 saturated carbocycles. The fourth-order valence-electron chi connectivity index (χ4n) is 3.19. The molecule has 0 fully saturated rings. The fraction of sp³-hybridized carbons (Fsp3) is 0.391. The lowest BCUT2D eigenvalue weighted by molar-refractivity contribution is 0.350. The smallest absolute Gasteiger partial charge is 0.120 e. The van der Waals surface area contributed by atoms with Gasteiger partial charge in [-0.1, -0.05) is 44.0 Å². The largest absolute Gasteiger partial charge is 0.497 e. The van der Waals surface area contributed by atoms with E-state index in [0.717, 1.165) is 28.9 Å². The molecule has 0 heterocycles. The van der Waals surface area contributed by atoms with Crippen molar-refractivity contribution in [2.75, 3.05) is 13.7 Å². The third-order valence-corrected chi connectivity index (χ3v) is 4.70. The lowest BCUT2D eigenvalue weighted by Gasteiger charge is -2.13. The summed E-state index contributed by atoms with van der Waals surface area (Å²) in [6, 6.07) is 12.9. The maximum atomic E-state index is 9.59. The summed E-state index contributed by atoms with van der Waals surface area (Å²) in [5, 5.41) is 9.59. The van der Waals surface area contributed by atoms with Crippen molar-refractivity contribution in [1.82, 2.24) is 0 Å². The van der Waals surface area contributed by atoms with Crippen molar-refractivity contribution < 1.29 is 9.84 Å². The van der Waals surface area contributed by atoms with Crippen LogP contribution in [-0.2, 0) is 6.42 Å². The zero-order chi connectivity index (χ0) is 18.2. The minimum absolute atomic E-state index is 0.0262. The van der Waals surface area contributed by atoms with E-state index in [9.17, 15) is 5.11 Å². The monoisotopic (exact) mass is 338 g/mol. The second-order valence-corrected chi connectivity index (χ2v) is 6.53. The third kappa shape index (κ3) is 4.96. The number of rotatable bonds is 8. The molecule has 0 unspecified atom stereocenters. The van der Waals surface area contributed by atoms with Gasteiger partial charge < -0.3 is 9.84 Å². The highest BCUT2D eigenvalue weighted by Crippen LogP contribution is 2.31. The number of allylic oxidation sites excluding steroid dienone is 1. The lowest BCUT2D eigenvalue weighted by atomic mass is 9.94. The van der Waals surface area contributed by atoms with Crippen LogP contribution in [0.3, 0.4) is 0 Å². The Morgan fingerprint density at radius 1 is 1.12 bits per heavy atom. The highest BCUT2D eigenvalue weighted by Gasteiger charge is 2.09. The van der Waals surface area contributed by atoms with Gasteiger partial charge in [0.05, 0.1) is 13.7 Å². The zero-order valence-corrected chi connectivity index (χ0v) is 15.9. The minimum atomic E-state index is 0.0262. The minimum Gasteiger partial charge on any atom is -0.497 e. The molecule has 0 aliphatic rings. The van der Waals surface area contributed by atoms with Crippen LogP contribution < -0.4 is 4.74 Å². The molecule has 0 amide bonds. The molecule has 0 spiro atoms. The molecule has 0 aliphatic carbocycles. The standard InChI is InChI=1S/C23H30O2/c1-5-7-8-9-18-10-11-23(17(3)12-18)21-13-20(19(6-2)16-24)14-22(15-21)25-4/h6,10-15,24H,5,7-9,16H2,1-4H3/b19-6+. The van der Waals surface area contributed by atoms with Crippen LogP contribution >= 0.6 is 0 Å². The van der Waals surface area contributed by atoms with E-state index in [1.54, 1.807) is 7.11 Å². The van der Waals surface area contributed by atoms with Gasteiger partial charge in [0.15, 0.2) is 0 Å². The number of benzene rings is 2. The number of aliphatic hydroxyl groups excluding tert-OH is 1. The predicted molar refractivity (Wildman–Crippen MR) is 107 cm³/mol. The highest BCUT2D eigenvalue weighted by atomic mass is 16.5. The van der Waals surface area contributed by atoms with E-state index in [0.29, 0.717) is 0 Å². The van der Waals surface area contributed by atoms with Gasteiger partial charge in [0.25, 0.3) is 0 Å². The highest BCUT2D eigenvalue weighted by molar-refractivity contribution is 5.76. The van der Waals surface area contributed by atoms with E-state index >= 15 is 0 Å². The zero-order valence-electron chi connectivity index (χ0n) is 15.9. The Balaban J connectivity index is 2.38. The Morgan fingerprint density at radius 3 is 2.52 bits per heavy atom. The van der Waals surface area contributed by atoms with Crippen molar-refractivity contribution in [1.29, 1.82) is 0 Å². The number of aliphatic hydroxyl groups is 1. The van der Waals surface area contributed by atoms with Gasteiger partial charge in [-0.05, 0) is 78.3 Å². The first kappa shape index (κ1) is 19.3. The summed E-state index contributed by atoms with van der Waals surface area (Å²) in [6.45, 7) is 6.38. The first-order chi connectivity index (χ1) is 12.1. The number of methoxy groups -OCH3 is 1. The molecular formula is C23H30O2. The average Bonchev–Trinajstić information content (AvgIpc) is 2.63. The molecule has 2 rings (SSSR count). The first-order valence-corrected chi connectivity index (χ1v) is 9.18. The second kappa shape index (κ2) is 9.43. The summed E-state index contributed by atoms with van der Waals surface area (Å²) >= 11 is 0. The van der Waals surface area contributed by atoms with Crippen molar-refractivity contribution in [2.24, 2.45) is 0 Å². The summed E-state index contributed by atoms with van der Waals surface area (Å²) in [5.74, 6) is 0.812. The molecule has 0 radical (unpaired) electrons.